The Kier molecular flexibility index (Phi) is 4.74. The second kappa shape index (κ2) is 5.61. The van der Waals surface area contributed by atoms with Crippen LogP contribution in [0.1, 0.15) is 39.5 Å². The maximum absolute atomic E-state index is 9.27. The highest BCUT2D eigenvalue weighted by Crippen LogP contribution is 2.27. The van der Waals surface area contributed by atoms with E-state index in [4.69, 9.17) is 0 Å². The lowest BCUT2D eigenvalue weighted by atomic mass is 9.84. The number of hydrogen-bond acceptors (Lipinski definition) is 2. The molecule has 0 aliphatic heterocycles. The summed E-state index contributed by atoms with van der Waals surface area (Å²) in [4.78, 5) is 2.50. The average molecular weight is 185 g/mol. The molecule has 78 valence electrons. The summed E-state index contributed by atoms with van der Waals surface area (Å²) in [7, 11) is 0. The third-order valence-corrected chi connectivity index (χ3v) is 3.38. The van der Waals surface area contributed by atoms with E-state index in [0.29, 0.717) is 18.6 Å². The van der Waals surface area contributed by atoms with E-state index in [9.17, 15) is 5.11 Å². The molecule has 2 heteroatoms. The highest BCUT2D eigenvalue weighted by Gasteiger charge is 2.27. The van der Waals surface area contributed by atoms with Crippen LogP contribution in [0.3, 0.4) is 0 Å². The molecule has 0 radical (unpaired) electrons. The monoisotopic (exact) mass is 185 g/mol. The topological polar surface area (TPSA) is 23.5 Å². The maximum Gasteiger partial charge on any atom is 0.0474 e. The molecular formula is C11H23NO. The summed E-state index contributed by atoms with van der Waals surface area (Å²) in [6.07, 6.45) is 5.16. The third kappa shape index (κ3) is 2.68. The van der Waals surface area contributed by atoms with E-state index in [1.54, 1.807) is 0 Å². The lowest BCUT2D eigenvalue weighted by Crippen LogP contribution is -2.43. The second-order valence-electron chi connectivity index (χ2n) is 4.02. The summed E-state index contributed by atoms with van der Waals surface area (Å²) in [5.41, 5.74) is 0. The van der Waals surface area contributed by atoms with Gasteiger partial charge in [0.25, 0.3) is 0 Å². The van der Waals surface area contributed by atoms with Crippen LogP contribution in [-0.2, 0) is 0 Å². The van der Waals surface area contributed by atoms with Crippen LogP contribution in [0, 0.1) is 5.92 Å². The van der Waals surface area contributed by atoms with Gasteiger partial charge in [-0.05, 0) is 31.8 Å². The van der Waals surface area contributed by atoms with Crippen molar-refractivity contribution in [3.8, 4) is 0 Å². The van der Waals surface area contributed by atoms with Crippen LogP contribution in [0.5, 0.6) is 0 Å². The molecule has 0 amide bonds. The van der Waals surface area contributed by atoms with Crippen molar-refractivity contribution < 1.29 is 5.11 Å². The molecular weight excluding hydrogens is 162 g/mol. The number of aliphatic hydroxyl groups is 1. The lowest BCUT2D eigenvalue weighted by Gasteiger charge is -2.38. The molecule has 0 aromatic rings. The first-order valence-electron chi connectivity index (χ1n) is 5.68. The smallest absolute Gasteiger partial charge is 0.0474 e. The van der Waals surface area contributed by atoms with Crippen molar-refractivity contribution in [3.63, 3.8) is 0 Å². The van der Waals surface area contributed by atoms with Gasteiger partial charge in [-0.2, -0.15) is 0 Å². The molecule has 0 aromatic heterocycles. The van der Waals surface area contributed by atoms with Crippen LogP contribution in [0.2, 0.25) is 0 Å². The minimum atomic E-state index is 0.376. The van der Waals surface area contributed by atoms with Crippen molar-refractivity contribution in [2.24, 2.45) is 5.92 Å². The van der Waals surface area contributed by atoms with Gasteiger partial charge in [-0.1, -0.05) is 26.7 Å². The molecule has 1 aliphatic rings. The summed E-state index contributed by atoms with van der Waals surface area (Å²) in [6.45, 7) is 7.05. The number of hydrogen-bond donors (Lipinski definition) is 1. The summed E-state index contributed by atoms with van der Waals surface area (Å²) < 4.78 is 0. The summed E-state index contributed by atoms with van der Waals surface area (Å²) in [6, 6.07) is 0.647. The highest BCUT2D eigenvalue weighted by atomic mass is 16.3. The molecule has 0 bridgehead atoms. The van der Waals surface area contributed by atoms with Crippen molar-refractivity contribution >= 4 is 0 Å². The Morgan fingerprint density at radius 3 is 2.31 bits per heavy atom. The van der Waals surface area contributed by atoms with Gasteiger partial charge >= 0.3 is 0 Å². The predicted molar refractivity (Wildman–Crippen MR) is 55.8 cm³/mol. The summed E-state index contributed by atoms with van der Waals surface area (Å²) in [5, 5.41) is 9.27. The van der Waals surface area contributed by atoms with Crippen molar-refractivity contribution in [1.29, 1.82) is 0 Å². The van der Waals surface area contributed by atoms with Crippen molar-refractivity contribution in [1.82, 2.24) is 4.90 Å². The Balaban J connectivity index is 2.51. The van der Waals surface area contributed by atoms with Crippen molar-refractivity contribution in [2.45, 2.75) is 45.6 Å². The van der Waals surface area contributed by atoms with E-state index in [1.165, 1.54) is 25.7 Å². The van der Waals surface area contributed by atoms with Crippen LogP contribution in [0.15, 0.2) is 0 Å². The fraction of sp³-hybridized carbons (Fsp3) is 1.00. The van der Waals surface area contributed by atoms with Crippen LogP contribution in [0.25, 0.3) is 0 Å². The van der Waals surface area contributed by atoms with Gasteiger partial charge in [-0.15, -0.1) is 0 Å². The van der Waals surface area contributed by atoms with Gasteiger partial charge in [0, 0.05) is 12.6 Å². The zero-order chi connectivity index (χ0) is 9.68. The van der Waals surface area contributed by atoms with E-state index in [1.807, 2.05) is 0 Å². The lowest BCUT2D eigenvalue weighted by molar-refractivity contribution is 0.0723. The Morgan fingerprint density at radius 2 is 1.77 bits per heavy atom. The molecule has 0 spiro atoms. The van der Waals surface area contributed by atoms with E-state index < -0.39 is 0 Å². The molecule has 2 nitrogen and oxygen atoms in total. The van der Waals surface area contributed by atoms with Crippen molar-refractivity contribution in [2.75, 3.05) is 19.7 Å². The molecule has 1 fully saturated rings. The highest BCUT2D eigenvalue weighted by molar-refractivity contribution is 4.82. The minimum Gasteiger partial charge on any atom is -0.396 e. The molecule has 1 rings (SSSR count). The Hall–Kier alpha value is -0.0800. The Labute approximate surface area is 81.9 Å². The third-order valence-electron chi connectivity index (χ3n) is 3.38. The van der Waals surface area contributed by atoms with Gasteiger partial charge in [0.15, 0.2) is 0 Å². The Morgan fingerprint density at radius 1 is 1.15 bits per heavy atom. The quantitative estimate of drug-likeness (QED) is 0.723. The summed E-state index contributed by atoms with van der Waals surface area (Å²) in [5.74, 6) is 0.536. The second-order valence-corrected chi connectivity index (χ2v) is 4.02. The standard InChI is InChI=1S/C11H23NO/c1-3-12(4-2)11-8-6-5-7-10(11)9-13/h10-11,13H,3-9H2,1-2H3. The molecule has 0 saturated heterocycles. The summed E-state index contributed by atoms with van der Waals surface area (Å²) >= 11 is 0. The van der Waals surface area contributed by atoms with Gasteiger partial charge < -0.3 is 10.0 Å². The van der Waals surface area contributed by atoms with E-state index >= 15 is 0 Å². The van der Waals surface area contributed by atoms with Crippen LogP contribution in [-0.4, -0.2) is 35.7 Å². The molecule has 0 aromatic carbocycles. The van der Waals surface area contributed by atoms with E-state index in [2.05, 4.69) is 18.7 Å². The largest absolute Gasteiger partial charge is 0.396 e. The molecule has 2 atom stereocenters. The molecule has 2 unspecified atom stereocenters. The van der Waals surface area contributed by atoms with Gasteiger partial charge in [0.2, 0.25) is 0 Å². The molecule has 0 heterocycles. The molecule has 1 N–H and O–H groups in total. The van der Waals surface area contributed by atoms with Crippen LogP contribution < -0.4 is 0 Å². The Bertz CT molecular complexity index is 127. The normalized spacial score (nSPS) is 29.5. The van der Waals surface area contributed by atoms with E-state index in [-0.39, 0.29) is 0 Å². The zero-order valence-electron chi connectivity index (χ0n) is 9.00. The molecule has 1 aliphatic carbocycles. The average Bonchev–Trinajstić information content (AvgIpc) is 2.20. The SMILES string of the molecule is CCN(CC)C1CCCCC1CO. The number of aliphatic hydroxyl groups excluding tert-OH is 1. The van der Waals surface area contributed by atoms with Crippen molar-refractivity contribution in [3.05, 3.63) is 0 Å². The van der Waals surface area contributed by atoms with Crippen LogP contribution in [0.4, 0.5) is 0 Å². The predicted octanol–water partition coefficient (Wildman–Crippen LogP) is 1.88. The molecule has 1 saturated carbocycles. The first kappa shape index (κ1) is 11.0. The fourth-order valence-corrected chi connectivity index (χ4v) is 2.57. The van der Waals surface area contributed by atoms with Gasteiger partial charge in [0.1, 0.15) is 0 Å². The molecule has 13 heavy (non-hydrogen) atoms. The van der Waals surface area contributed by atoms with Gasteiger partial charge in [-0.25, -0.2) is 0 Å². The minimum absolute atomic E-state index is 0.376. The van der Waals surface area contributed by atoms with E-state index in [0.717, 1.165) is 13.1 Å². The van der Waals surface area contributed by atoms with Crippen LogP contribution >= 0.6 is 0 Å². The van der Waals surface area contributed by atoms with Gasteiger partial charge in [0.05, 0.1) is 0 Å². The first-order chi connectivity index (χ1) is 6.33. The first-order valence-corrected chi connectivity index (χ1v) is 5.68. The zero-order valence-corrected chi connectivity index (χ0v) is 9.00. The maximum atomic E-state index is 9.27. The fourth-order valence-electron chi connectivity index (χ4n) is 2.57. The number of nitrogens with zero attached hydrogens (tertiary/aromatic N) is 1. The number of rotatable bonds is 4. The van der Waals surface area contributed by atoms with Gasteiger partial charge in [-0.3, -0.25) is 0 Å².